The summed E-state index contributed by atoms with van der Waals surface area (Å²) in [5, 5.41) is 0. The molecule has 0 heterocycles. The second kappa shape index (κ2) is 6.75. The van der Waals surface area contributed by atoms with Crippen LogP contribution >= 0.6 is 0 Å². The van der Waals surface area contributed by atoms with E-state index in [1.807, 2.05) is 20.8 Å². The van der Waals surface area contributed by atoms with E-state index in [-0.39, 0.29) is 4.75 Å². The van der Waals surface area contributed by atoms with Crippen molar-refractivity contribution < 1.29 is 4.21 Å². The van der Waals surface area contributed by atoms with Gasteiger partial charge in [-0.1, -0.05) is 32.1 Å². The molecule has 16 heavy (non-hydrogen) atoms. The van der Waals surface area contributed by atoms with Crippen molar-refractivity contribution in [3.63, 3.8) is 0 Å². The van der Waals surface area contributed by atoms with Crippen LogP contribution in [0.5, 0.6) is 0 Å². The third-order valence-corrected chi connectivity index (χ3v) is 4.88. The molecule has 3 heteroatoms. The van der Waals surface area contributed by atoms with Crippen LogP contribution in [0.3, 0.4) is 0 Å². The molecule has 1 saturated carbocycles. The molecule has 0 bridgehead atoms. The second-order valence-electron chi connectivity index (χ2n) is 5.92. The van der Waals surface area contributed by atoms with Gasteiger partial charge in [0.1, 0.15) is 0 Å². The van der Waals surface area contributed by atoms with Gasteiger partial charge in [0.25, 0.3) is 0 Å². The van der Waals surface area contributed by atoms with Crippen LogP contribution in [0.4, 0.5) is 0 Å². The maximum absolute atomic E-state index is 11.7. The maximum atomic E-state index is 11.7. The molecular weight excluding hydrogens is 218 g/mol. The third-order valence-electron chi connectivity index (χ3n) is 3.30. The van der Waals surface area contributed by atoms with Gasteiger partial charge in [-0.25, -0.2) is 8.93 Å². The van der Waals surface area contributed by atoms with E-state index in [4.69, 9.17) is 0 Å². The van der Waals surface area contributed by atoms with Gasteiger partial charge in [0.15, 0.2) is 0 Å². The average Bonchev–Trinajstić information content (AvgIpc) is 2.24. The zero-order chi connectivity index (χ0) is 12.0. The monoisotopic (exact) mass is 245 g/mol. The lowest BCUT2D eigenvalue weighted by Crippen LogP contribution is -2.33. The van der Waals surface area contributed by atoms with Gasteiger partial charge >= 0.3 is 0 Å². The van der Waals surface area contributed by atoms with Crippen LogP contribution in [0.2, 0.25) is 0 Å². The molecule has 1 atom stereocenters. The summed E-state index contributed by atoms with van der Waals surface area (Å²) >= 11 is 0. The summed E-state index contributed by atoms with van der Waals surface area (Å²) < 4.78 is 14.7. The predicted octanol–water partition coefficient (Wildman–Crippen LogP) is 3.40. The van der Waals surface area contributed by atoms with Gasteiger partial charge in [-0.15, -0.1) is 0 Å². The van der Waals surface area contributed by atoms with E-state index in [0.29, 0.717) is 0 Å². The highest BCUT2D eigenvalue weighted by molar-refractivity contribution is 7.84. The summed E-state index contributed by atoms with van der Waals surface area (Å²) in [5.41, 5.74) is 0. The van der Waals surface area contributed by atoms with E-state index in [1.165, 1.54) is 44.9 Å². The standard InChI is InChI=1S/C13H27NOS/c1-13(2,3)16(15)14-11-7-10-12-8-5-4-6-9-12/h12,14H,4-11H2,1-3H3. The zero-order valence-corrected chi connectivity index (χ0v) is 11.9. The number of hydrogen-bond donors (Lipinski definition) is 1. The van der Waals surface area contributed by atoms with Gasteiger partial charge in [-0.3, -0.25) is 0 Å². The van der Waals surface area contributed by atoms with E-state index < -0.39 is 11.0 Å². The summed E-state index contributed by atoms with van der Waals surface area (Å²) in [6.45, 7) is 6.94. The summed E-state index contributed by atoms with van der Waals surface area (Å²) in [4.78, 5) is 0. The molecule has 0 aromatic rings. The fourth-order valence-corrected chi connectivity index (χ4v) is 3.01. The predicted molar refractivity (Wildman–Crippen MR) is 71.7 cm³/mol. The lowest BCUT2D eigenvalue weighted by atomic mass is 9.86. The van der Waals surface area contributed by atoms with Gasteiger partial charge < -0.3 is 0 Å². The van der Waals surface area contributed by atoms with Crippen molar-refractivity contribution in [3.05, 3.63) is 0 Å². The normalized spacial score (nSPS) is 20.9. The maximum Gasteiger partial charge on any atom is 0.0970 e. The van der Waals surface area contributed by atoms with Crippen LogP contribution in [0.1, 0.15) is 65.7 Å². The van der Waals surface area contributed by atoms with Crippen molar-refractivity contribution in [1.82, 2.24) is 4.72 Å². The van der Waals surface area contributed by atoms with Crippen LogP contribution in [-0.4, -0.2) is 15.5 Å². The molecule has 0 aromatic carbocycles. The Morgan fingerprint density at radius 1 is 1.19 bits per heavy atom. The van der Waals surface area contributed by atoms with Gasteiger partial charge in [0.2, 0.25) is 0 Å². The first-order chi connectivity index (χ1) is 7.50. The summed E-state index contributed by atoms with van der Waals surface area (Å²) in [5.74, 6) is 0.943. The van der Waals surface area contributed by atoms with Crippen molar-refractivity contribution in [2.24, 2.45) is 5.92 Å². The first-order valence-corrected chi connectivity index (χ1v) is 7.80. The van der Waals surface area contributed by atoms with E-state index in [2.05, 4.69) is 4.72 Å². The van der Waals surface area contributed by atoms with Crippen LogP contribution in [0, 0.1) is 5.92 Å². The molecule has 2 nitrogen and oxygen atoms in total. The lowest BCUT2D eigenvalue weighted by molar-refractivity contribution is 0.333. The van der Waals surface area contributed by atoms with E-state index in [1.54, 1.807) is 0 Å². The Hall–Kier alpha value is 0.110. The third kappa shape index (κ3) is 5.44. The highest BCUT2D eigenvalue weighted by Crippen LogP contribution is 2.26. The fourth-order valence-electron chi connectivity index (χ4n) is 2.25. The first-order valence-electron chi connectivity index (χ1n) is 6.65. The first kappa shape index (κ1) is 14.2. The smallest absolute Gasteiger partial charge is 0.0970 e. The van der Waals surface area contributed by atoms with Crippen molar-refractivity contribution >= 4 is 11.0 Å². The molecule has 0 radical (unpaired) electrons. The van der Waals surface area contributed by atoms with Crippen LogP contribution in [-0.2, 0) is 11.0 Å². The molecule has 1 aliphatic rings. The highest BCUT2D eigenvalue weighted by Gasteiger charge is 2.19. The Morgan fingerprint density at radius 2 is 1.81 bits per heavy atom. The fraction of sp³-hybridized carbons (Fsp3) is 1.00. The van der Waals surface area contributed by atoms with Crippen LogP contribution < -0.4 is 4.72 Å². The molecule has 1 N–H and O–H groups in total. The van der Waals surface area contributed by atoms with E-state index in [9.17, 15) is 4.21 Å². The van der Waals surface area contributed by atoms with Gasteiger partial charge in [0.05, 0.1) is 15.7 Å². The summed E-state index contributed by atoms with van der Waals surface area (Å²) in [6, 6.07) is 0. The molecule has 1 unspecified atom stereocenters. The largest absolute Gasteiger partial charge is 0.242 e. The Morgan fingerprint density at radius 3 is 2.38 bits per heavy atom. The summed E-state index contributed by atoms with van der Waals surface area (Å²) in [6.07, 6.45) is 9.60. The van der Waals surface area contributed by atoms with Gasteiger partial charge in [0, 0.05) is 6.54 Å². The number of nitrogens with one attached hydrogen (secondary N) is 1. The highest BCUT2D eigenvalue weighted by atomic mass is 32.2. The van der Waals surface area contributed by atoms with Crippen molar-refractivity contribution in [1.29, 1.82) is 0 Å². The molecule has 0 spiro atoms. The number of rotatable bonds is 5. The van der Waals surface area contributed by atoms with E-state index >= 15 is 0 Å². The minimum absolute atomic E-state index is 0.134. The molecule has 0 aromatic heterocycles. The zero-order valence-electron chi connectivity index (χ0n) is 11.1. The SMILES string of the molecule is CC(C)(C)S(=O)NCCCC1CCCCC1. The Bertz CT molecular complexity index is 216. The average molecular weight is 245 g/mol. The van der Waals surface area contributed by atoms with Crippen LogP contribution in [0.15, 0.2) is 0 Å². The minimum Gasteiger partial charge on any atom is -0.242 e. The Labute approximate surface area is 103 Å². The van der Waals surface area contributed by atoms with Crippen molar-refractivity contribution in [2.45, 2.75) is 70.5 Å². The quantitative estimate of drug-likeness (QED) is 0.739. The molecule has 0 amide bonds. The number of hydrogen-bond acceptors (Lipinski definition) is 1. The molecule has 0 aliphatic heterocycles. The minimum atomic E-state index is -0.894. The Balaban J connectivity index is 2.05. The van der Waals surface area contributed by atoms with Gasteiger partial charge in [-0.05, 0) is 39.5 Å². The van der Waals surface area contributed by atoms with Gasteiger partial charge in [-0.2, -0.15) is 0 Å². The Kier molecular flexibility index (Phi) is 5.98. The van der Waals surface area contributed by atoms with Crippen molar-refractivity contribution in [3.8, 4) is 0 Å². The molecule has 1 aliphatic carbocycles. The molecule has 1 rings (SSSR count). The second-order valence-corrected chi connectivity index (χ2v) is 7.97. The summed E-state index contributed by atoms with van der Waals surface area (Å²) in [7, 11) is -0.894. The lowest BCUT2D eigenvalue weighted by Gasteiger charge is -2.22. The topological polar surface area (TPSA) is 29.1 Å². The van der Waals surface area contributed by atoms with Crippen LogP contribution in [0.25, 0.3) is 0 Å². The molecule has 0 saturated heterocycles. The van der Waals surface area contributed by atoms with E-state index in [0.717, 1.165) is 12.5 Å². The molecule has 1 fully saturated rings. The molecule has 96 valence electrons. The van der Waals surface area contributed by atoms with Crippen molar-refractivity contribution in [2.75, 3.05) is 6.54 Å². The molecular formula is C13H27NOS.